The van der Waals surface area contributed by atoms with Crippen LogP contribution in [0.2, 0.25) is 0 Å². The zero-order valence-corrected chi connectivity index (χ0v) is 11.9. The summed E-state index contributed by atoms with van der Waals surface area (Å²) in [5.41, 5.74) is 1.06. The minimum atomic E-state index is 0.551. The van der Waals surface area contributed by atoms with Gasteiger partial charge in [-0.05, 0) is 19.8 Å². The molecular weight excluding hydrogens is 258 g/mol. The lowest BCUT2D eigenvalue weighted by Crippen LogP contribution is -2.06. The third-order valence-corrected chi connectivity index (χ3v) is 3.88. The molecule has 0 amide bonds. The number of aromatic nitrogens is 3. The minimum Gasteiger partial charge on any atom is -0.373 e. The normalized spacial score (nSPS) is 14.4. The maximum Gasteiger partial charge on any atom is 0.136 e. The van der Waals surface area contributed by atoms with Crippen LogP contribution in [0.5, 0.6) is 0 Å². The zero-order valence-electron chi connectivity index (χ0n) is 11.1. The fraction of sp³-hybridized carbons (Fsp3) is 0.462. The molecule has 0 radical (unpaired) electrons. The summed E-state index contributed by atoms with van der Waals surface area (Å²) in [4.78, 5) is 13.5. The molecule has 100 valence electrons. The Morgan fingerprint density at radius 3 is 2.68 bits per heavy atom. The fourth-order valence-electron chi connectivity index (χ4n) is 1.88. The first-order chi connectivity index (χ1) is 9.24. The Morgan fingerprint density at radius 2 is 2.05 bits per heavy atom. The highest BCUT2D eigenvalue weighted by Crippen LogP contribution is 2.38. The predicted molar refractivity (Wildman–Crippen MR) is 77.7 cm³/mol. The van der Waals surface area contributed by atoms with Crippen LogP contribution in [0, 0.1) is 6.92 Å². The van der Waals surface area contributed by atoms with Crippen LogP contribution < -0.4 is 10.6 Å². The molecule has 0 aromatic carbocycles. The molecule has 0 unspecified atom stereocenters. The van der Waals surface area contributed by atoms with Gasteiger partial charge in [0.2, 0.25) is 0 Å². The molecule has 1 fully saturated rings. The molecule has 1 aliphatic rings. The van der Waals surface area contributed by atoms with E-state index in [1.165, 1.54) is 12.8 Å². The second-order valence-corrected chi connectivity index (χ2v) is 5.79. The maximum absolute atomic E-state index is 4.58. The molecule has 2 aromatic heterocycles. The Hall–Kier alpha value is -1.69. The van der Waals surface area contributed by atoms with Gasteiger partial charge < -0.3 is 10.6 Å². The Bertz CT molecular complexity index is 576. The molecule has 0 saturated heterocycles. The van der Waals surface area contributed by atoms with E-state index in [-0.39, 0.29) is 0 Å². The average molecular weight is 275 g/mol. The standard InChI is InChI=1S/C13H17N5S/c1-8-16-10(7-19-8)6-15-12-5-11(14-2)17-13(18-12)9-3-4-9/h5,7,9H,3-4,6H2,1-2H3,(H2,14,15,17,18). The molecule has 2 N–H and O–H groups in total. The first kappa shape index (κ1) is 12.3. The van der Waals surface area contributed by atoms with Crippen molar-refractivity contribution >= 4 is 23.0 Å². The predicted octanol–water partition coefficient (Wildman–Crippen LogP) is 2.77. The summed E-state index contributed by atoms with van der Waals surface area (Å²) in [5.74, 6) is 3.24. The van der Waals surface area contributed by atoms with Gasteiger partial charge >= 0.3 is 0 Å². The lowest BCUT2D eigenvalue weighted by molar-refractivity contribution is 0.919. The van der Waals surface area contributed by atoms with Gasteiger partial charge in [0.1, 0.15) is 17.5 Å². The number of nitrogens with one attached hydrogen (secondary N) is 2. The van der Waals surface area contributed by atoms with E-state index < -0.39 is 0 Å². The molecule has 19 heavy (non-hydrogen) atoms. The lowest BCUT2D eigenvalue weighted by Gasteiger charge is -2.08. The van der Waals surface area contributed by atoms with E-state index >= 15 is 0 Å². The van der Waals surface area contributed by atoms with E-state index in [1.54, 1.807) is 11.3 Å². The van der Waals surface area contributed by atoms with Crippen LogP contribution in [0.3, 0.4) is 0 Å². The molecule has 1 saturated carbocycles. The SMILES string of the molecule is CNc1cc(NCc2csc(C)n2)nc(C2CC2)n1. The number of thiazole rings is 1. The minimum absolute atomic E-state index is 0.551. The average Bonchev–Trinajstić information content (AvgIpc) is 3.19. The van der Waals surface area contributed by atoms with Crippen LogP contribution in [0.25, 0.3) is 0 Å². The molecule has 0 spiro atoms. The largest absolute Gasteiger partial charge is 0.373 e. The van der Waals surface area contributed by atoms with Crippen molar-refractivity contribution in [3.8, 4) is 0 Å². The Morgan fingerprint density at radius 1 is 1.26 bits per heavy atom. The number of hydrogen-bond donors (Lipinski definition) is 2. The van der Waals surface area contributed by atoms with Gasteiger partial charge in [-0.3, -0.25) is 0 Å². The highest BCUT2D eigenvalue weighted by Gasteiger charge is 2.27. The maximum atomic E-state index is 4.58. The van der Waals surface area contributed by atoms with Crippen molar-refractivity contribution in [2.24, 2.45) is 0 Å². The summed E-state index contributed by atoms with van der Waals surface area (Å²) in [6.07, 6.45) is 2.41. The van der Waals surface area contributed by atoms with Gasteiger partial charge in [-0.15, -0.1) is 11.3 Å². The third kappa shape index (κ3) is 3.01. The van der Waals surface area contributed by atoms with Gasteiger partial charge in [0.25, 0.3) is 0 Å². The summed E-state index contributed by atoms with van der Waals surface area (Å²) in [6.45, 7) is 2.72. The third-order valence-electron chi connectivity index (χ3n) is 3.06. The Kier molecular flexibility index (Phi) is 3.33. The molecule has 0 atom stereocenters. The van der Waals surface area contributed by atoms with Crippen molar-refractivity contribution < 1.29 is 0 Å². The van der Waals surface area contributed by atoms with Gasteiger partial charge in [0, 0.05) is 24.4 Å². The van der Waals surface area contributed by atoms with Crippen molar-refractivity contribution in [1.82, 2.24) is 15.0 Å². The quantitative estimate of drug-likeness (QED) is 0.878. The summed E-state index contributed by atoms with van der Waals surface area (Å²) in [6, 6.07) is 1.94. The zero-order chi connectivity index (χ0) is 13.2. The summed E-state index contributed by atoms with van der Waals surface area (Å²) in [5, 5.41) is 9.58. The number of anilines is 2. The number of hydrogen-bond acceptors (Lipinski definition) is 6. The van der Waals surface area contributed by atoms with Crippen molar-refractivity contribution in [3.05, 3.63) is 28.0 Å². The van der Waals surface area contributed by atoms with Crippen molar-refractivity contribution in [3.63, 3.8) is 0 Å². The van der Waals surface area contributed by atoms with E-state index in [0.717, 1.165) is 28.2 Å². The Balaban J connectivity index is 1.74. The van der Waals surface area contributed by atoms with Crippen LogP contribution >= 0.6 is 11.3 Å². The molecule has 2 heterocycles. The number of rotatable bonds is 5. The summed E-state index contributed by atoms with van der Waals surface area (Å²) in [7, 11) is 1.88. The molecule has 0 bridgehead atoms. The molecule has 5 nitrogen and oxygen atoms in total. The van der Waals surface area contributed by atoms with E-state index in [1.807, 2.05) is 20.0 Å². The highest BCUT2D eigenvalue weighted by atomic mass is 32.1. The first-order valence-corrected chi connectivity index (χ1v) is 7.34. The summed E-state index contributed by atoms with van der Waals surface area (Å²) < 4.78 is 0. The van der Waals surface area contributed by atoms with Crippen molar-refractivity contribution in [2.45, 2.75) is 32.2 Å². The second-order valence-electron chi connectivity index (χ2n) is 4.73. The summed E-state index contributed by atoms with van der Waals surface area (Å²) >= 11 is 1.67. The number of aryl methyl sites for hydroxylation is 1. The van der Waals surface area contributed by atoms with Gasteiger partial charge in [0.15, 0.2) is 0 Å². The van der Waals surface area contributed by atoms with Gasteiger partial charge in [0.05, 0.1) is 17.2 Å². The van der Waals surface area contributed by atoms with Crippen molar-refractivity contribution in [1.29, 1.82) is 0 Å². The lowest BCUT2D eigenvalue weighted by atomic mass is 10.3. The first-order valence-electron chi connectivity index (χ1n) is 6.46. The smallest absolute Gasteiger partial charge is 0.136 e. The molecule has 6 heteroatoms. The Labute approximate surface area is 116 Å². The monoisotopic (exact) mass is 275 g/mol. The molecule has 0 aliphatic heterocycles. The molecule has 3 rings (SSSR count). The fourth-order valence-corrected chi connectivity index (χ4v) is 2.49. The molecule has 1 aliphatic carbocycles. The van der Waals surface area contributed by atoms with Gasteiger partial charge in [-0.2, -0.15) is 0 Å². The van der Waals surface area contributed by atoms with E-state index in [9.17, 15) is 0 Å². The van der Waals surface area contributed by atoms with E-state index in [0.29, 0.717) is 12.5 Å². The van der Waals surface area contributed by atoms with Crippen LogP contribution in [-0.2, 0) is 6.54 Å². The van der Waals surface area contributed by atoms with Gasteiger partial charge in [-0.1, -0.05) is 0 Å². The van der Waals surface area contributed by atoms with Crippen LogP contribution in [0.15, 0.2) is 11.4 Å². The molecular formula is C13H17N5S. The topological polar surface area (TPSA) is 62.7 Å². The van der Waals surface area contributed by atoms with E-state index in [2.05, 4.69) is 31.0 Å². The van der Waals surface area contributed by atoms with E-state index in [4.69, 9.17) is 0 Å². The molecule has 2 aromatic rings. The second kappa shape index (κ2) is 5.13. The van der Waals surface area contributed by atoms with Gasteiger partial charge in [-0.25, -0.2) is 15.0 Å². The van der Waals surface area contributed by atoms with Crippen LogP contribution in [-0.4, -0.2) is 22.0 Å². The number of nitrogens with zero attached hydrogens (tertiary/aromatic N) is 3. The highest BCUT2D eigenvalue weighted by molar-refractivity contribution is 7.09. The van der Waals surface area contributed by atoms with Crippen LogP contribution in [0.4, 0.5) is 11.6 Å². The van der Waals surface area contributed by atoms with Crippen LogP contribution in [0.1, 0.15) is 35.3 Å². The van der Waals surface area contributed by atoms with Crippen molar-refractivity contribution in [2.75, 3.05) is 17.7 Å².